The van der Waals surface area contributed by atoms with Crippen LogP contribution < -0.4 is 15.7 Å². The van der Waals surface area contributed by atoms with Crippen molar-refractivity contribution in [1.82, 2.24) is 9.97 Å². The Hall–Kier alpha value is -2.73. The number of ether oxygens (including phenoxy) is 1. The van der Waals surface area contributed by atoms with Crippen LogP contribution >= 0.6 is 11.6 Å². The van der Waals surface area contributed by atoms with Gasteiger partial charge >= 0.3 is 5.69 Å². The average molecular weight is 344 g/mol. The molecule has 1 amide bonds. The minimum Gasteiger partial charge on any atom is -0.492 e. The predicted octanol–water partition coefficient (Wildman–Crippen LogP) is 2.70. The second kappa shape index (κ2) is 5.72. The highest BCUT2D eigenvalue weighted by molar-refractivity contribution is 6.30. The minimum absolute atomic E-state index is 0.127. The number of aromatic amines is 2. The fourth-order valence-corrected chi connectivity index (χ4v) is 3.08. The molecule has 24 heavy (non-hydrogen) atoms. The molecule has 0 radical (unpaired) electrons. The van der Waals surface area contributed by atoms with E-state index >= 15 is 0 Å². The predicted molar refractivity (Wildman–Crippen MR) is 91.7 cm³/mol. The SMILES string of the molecule is O=C(Nc1ccc2[nH]c(=O)[nH]c2c1)C1COc2ccc(Cl)cc2C1. The smallest absolute Gasteiger partial charge is 0.323 e. The zero-order valence-corrected chi connectivity index (χ0v) is 13.3. The summed E-state index contributed by atoms with van der Waals surface area (Å²) in [6.45, 7) is 0.323. The number of nitrogens with one attached hydrogen (secondary N) is 3. The van der Waals surface area contributed by atoms with E-state index in [4.69, 9.17) is 16.3 Å². The van der Waals surface area contributed by atoms with Crippen molar-refractivity contribution in [1.29, 1.82) is 0 Å². The topological polar surface area (TPSA) is 87.0 Å². The first-order valence-electron chi connectivity index (χ1n) is 7.52. The molecular weight excluding hydrogens is 330 g/mol. The van der Waals surface area contributed by atoms with Gasteiger partial charge in [0.15, 0.2) is 0 Å². The van der Waals surface area contributed by atoms with Crippen LogP contribution in [0.15, 0.2) is 41.2 Å². The lowest BCUT2D eigenvalue weighted by molar-refractivity contribution is -0.121. The fourth-order valence-electron chi connectivity index (χ4n) is 2.89. The second-order valence-electron chi connectivity index (χ2n) is 5.79. The molecule has 6 nitrogen and oxygen atoms in total. The maximum Gasteiger partial charge on any atom is 0.323 e. The molecule has 0 saturated heterocycles. The number of hydrogen-bond acceptors (Lipinski definition) is 3. The summed E-state index contributed by atoms with van der Waals surface area (Å²) in [5, 5.41) is 3.50. The highest BCUT2D eigenvalue weighted by Crippen LogP contribution is 2.30. The molecule has 0 fully saturated rings. The molecule has 0 saturated carbocycles. The van der Waals surface area contributed by atoms with Crippen LogP contribution in [0.5, 0.6) is 5.75 Å². The van der Waals surface area contributed by atoms with Crippen LogP contribution in [-0.2, 0) is 11.2 Å². The summed E-state index contributed by atoms with van der Waals surface area (Å²) >= 11 is 6.00. The van der Waals surface area contributed by atoms with Crippen LogP contribution in [0.4, 0.5) is 5.69 Å². The van der Waals surface area contributed by atoms with Crippen molar-refractivity contribution < 1.29 is 9.53 Å². The van der Waals surface area contributed by atoms with Gasteiger partial charge < -0.3 is 20.0 Å². The summed E-state index contributed by atoms with van der Waals surface area (Å²) in [4.78, 5) is 29.1. The number of carbonyl (C=O) groups is 1. The van der Waals surface area contributed by atoms with E-state index in [9.17, 15) is 9.59 Å². The number of imidazole rings is 1. The first-order chi connectivity index (χ1) is 11.6. The number of hydrogen-bond donors (Lipinski definition) is 3. The van der Waals surface area contributed by atoms with Crippen molar-refractivity contribution in [3.05, 3.63) is 57.5 Å². The Kier molecular flexibility index (Phi) is 3.54. The fraction of sp³-hybridized carbons (Fsp3) is 0.176. The lowest BCUT2D eigenvalue weighted by atomic mass is 9.96. The number of carbonyl (C=O) groups excluding carboxylic acids is 1. The molecule has 3 aromatic rings. The van der Waals surface area contributed by atoms with Gasteiger partial charge in [-0.1, -0.05) is 11.6 Å². The molecular formula is C17H14ClN3O3. The summed E-state index contributed by atoms with van der Waals surface area (Å²) in [5.41, 5.74) is 2.62. The molecule has 0 spiro atoms. The van der Waals surface area contributed by atoms with Crippen molar-refractivity contribution >= 4 is 34.2 Å². The average Bonchev–Trinajstić information content (AvgIpc) is 2.93. The van der Waals surface area contributed by atoms with Crippen LogP contribution in [0.2, 0.25) is 5.02 Å². The number of anilines is 1. The summed E-state index contributed by atoms with van der Waals surface area (Å²) in [7, 11) is 0. The van der Waals surface area contributed by atoms with Gasteiger partial charge in [-0.05, 0) is 48.4 Å². The molecule has 2 heterocycles. The van der Waals surface area contributed by atoms with Gasteiger partial charge in [-0.2, -0.15) is 0 Å². The Morgan fingerprint density at radius 2 is 2.00 bits per heavy atom. The molecule has 0 aliphatic carbocycles. The second-order valence-corrected chi connectivity index (χ2v) is 6.23. The highest BCUT2D eigenvalue weighted by atomic mass is 35.5. The third-order valence-electron chi connectivity index (χ3n) is 4.08. The summed E-state index contributed by atoms with van der Waals surface area (Å²) in [5.74, 6) is 0.351. The van der Waals surface area contributed by atoms with Gasteiger partial charge in [0, 0.05) is 10.7 Å². The number of aromatic nitrogens is 2. The molecule has 122 valence electrons. The Bertz CT molecular complexity index is 992. The molecule has 3 N–H and O–H groups in total. The Balaban J connectivity index is 1.52. The Morgan fingerprint density at radius 3 is 2.88 bits per heavy atom. The monoisotopic (exact) mass is 343 g/mol. The van der Waals surface area contributed by atoms with Crippen LogP contribution in [0.3, 0.4) is 0 Å². The Morgan fingerprint density at radius 1 is 1.17 bits per heavy atom. The van der Waals surface area contributed by atoms with Crippen LogP contribution in [-0.4, -0.2) is 22.5 Å². The van der Waals surface area contributed by atoms with E-state index in [1.54, 1.807) is 24.3 Å². The van der Waals surface area contributed by atoms with E-state index in [0.717, 1.165) is 11.3 Å². The lowest BCUT2D eigenvalue weighted by Gasteiger charge is -2.24. The van der Waals surface area contributed by atoms with Gasteiger partial charge in [-0.15, -0.1) is 0 Å². The number of amides is 1. The number of halogens is 1. The number of fused-ring (bicyclic) bond motifs is 2. The van der Waals surface area contributed by atoms with Crippen molar-refractivity contribution in [2.24, 2.45) is 5.92 Å². The van der Waals surface area contributed by atoms with E-state index in [2.05, 4.69) is 15.3 Å². The van der Waals surface area contributed by atoms with Gasteiger partial charge in [0.05, 0.1) is 17.0 Å². The van der Waals surface area contributed by atoms with E-state index in [-0.39, 0.29) is 17.5 Å². The first-order valence-corrected chi connectivity index (χ1v) is 7.90. The normalized spacial score (nSPS) is 16.5. The minimum atomic E-state index is -0.295. The molecule has 4 rings (SSSR count). The van der Waals surface area contributed by atoms with Gasteiger partial charge in [-0.3, -0.25) is 4.79 Å². The number of H-pyrrole nitrogens is 2. The molecule has 1 aliphatic rings. The van der Waals surface area contributed by atoms with Crippen molar-refractivity contribution in [2.75, 3.05) is 11.9 Å². The zero-order chi connectivity index (χ0) is 16.7. The van der Waals surface area contributed by atoms with Gasteiger partial charge in [0.1, 0.15) is 12.4 Å². The highest BCUT2D eigenvalue weighted by Gasteiger charge is 2.26. The maximum absolute atomic E-state index is 12.5. The van der Waals surface area contributed by atoms with Crippen molar-refractivity contribution in [2.45, 2.75) is 6.42 Å². The summed E-state index contributed by atoms with van der Waals surface area (Å²) < 4.78 is 5.65. The van der Waals surface area contributed by atoms with E-state index in [1.807, 2.05) is 12.1 Å². The van der Waals surface area contributed by atoms with Crippen LogP contribution in [0.25, 0.3) is 11.0 Å². The first kappa shape index (κ1) is 14.8. The molecule has 1 aliphatic heterocycles. The molecule has 1 atom stereocenters. The summed E-state index contributed by atoms with van der Waals surface area (Å²) in [6, 6.07) is 10.6. The maximum atomic E-state index is 12.5. The Labute approximate surface area is 141 Å². The third kappa shape index (κ3) is 2.76. The molecule has 0 bridgehead atoms. The third-order valence-corrected chi connectivity index (χ3v) is 4.32. The molecule has 2 aromatic carbocycles. The van der Waals surface area contributed by atoms with Gasteiger partial charge in [0.2, 0.25) is 5.91 Å². The lowest BCUT2D eigenvalue weighted by Crippen LogP contribution is -2.32. The quantitative estimate of drug-likeness (QED) is 0.668. The van der Waals surface area contributed by atoms with Crippen molar-refractivity contribution in [3.8, 4) is 5.75 Å². The van der Waals surface area contributed by atoms with E-state index < -0.39 is 0 Å². The largest absolute Gasteiger partial charge is 0.492 e. The molecule has 7 heteroatoms. The number of rotatable bonds is 2. The standard InChI is InChI=1S/C17H14ClN3O3/c18-11-1-4-15-9(6-11)5-10(8-24-15)16(22)19-12-2-3-13-14(7-12)21-17(23)20-13/h1-4,6-7,10H,5,8H2,(H,19,22)(H2,20,21,23). The molecule has 1 aromatic heterocycles. The van der Waals surface area contributed by atoms with Gasteiger partial charge in [0.25, 0.3) is 0 Å². The zero-order valence-electron chi connectivity index (χ0n) is 12.6. The molecule has 1 unspecified atom stereocenters. The van der Waals surface area contributed by atoms with E-state index in [0.29, 0.717) is 34.8 Å². The van der Waals surface area contributed by atoms with E-state index in [1.165, 1.54) is 0 Å². The van der Waals surface area contributed by atoms with Crippen molar-refractivity contribution in [3.63, 3.8) is 0 Å². The van der Waals surface area contributed by atoms with Crippen LogP contribution in [0, 0.1) is 5.92 Å². The number of benzene rings is 2. The summed E-state index contributed by atoms with van der Waals surface area (Å²) in [6.07, 6.45) is 0.574. The van der Waals surface area contributed by atoms with Crippen LogP contribution in [0.1, 0.15) is 5.56 Å². The van der Waals surface area contributed by atoms with Gasteiger partial charge in [-0.25, -0.2) is 4.79 Å².